The first-order valence-electron chi connectivity index (χ1n) is 9.51. The smallest absolute Gasteiger partial charge is 0.246 e. The summed E-state index contributed by atoms with van der Waals surface area (Å²) in [6.07, 6.45) is -0.757. The van der Waals surface area contributed by atoms with Crippen LogP contribution in [-0.4, -0.2) is 27.1 Å². The summed E-state index contributed by atoms with van der Waals surface area (Å²) in [5.74, 6) is 0.465. The zero-order valence-electron chi connectivity index (χ0n) is 16.0. The van der Waals surface area contributed by atoms with E-state index in [0.717, 1.165) is 27.5 Å². The van der Waals surface area contributed by atoms with Crippen LogP contribution in [0.25, 0.3) is 21.8 Å². The number of aliphatic hydroxyl groups excluding tert-OH is 1. The number of hydrogen-bond donors (Lipinski definition) is 1. The number of anilines is 1. The van der Waals surface area contributed by atoms with Crippen molar-refractivity contribution in [1.82, 2.24) is 9.55 Å². The monoisotopic (exact) mass is 373 g/mol. The average molecular weight is 373 g/mol. The van der Waals surface area contributed by atoms with Gasteiger partial charge in [-0.3, -0.25) is 4.79 Å². The normalized spacial score (nSPS) is 12.4. The Morgan fingerprint density at radius 3 is 2.57 bits per heavy atom. The predicted molar refractivity (Wildman–Crippen MR) is 112 cm³/mol. The molecular weight excluding hydrogens is 350 g/mol. The van der Waals surface area contributed by atoms with Crippen molar-refractivity contribution < 1.29 is 9.90 Å². The minimum Gasteiger partial charge on any atom is -0.385 e. The van der Waals surface area contributed by atoms with Crippen molar-refractivity contribution in [2.75, 3.05) is 11.4 Å². The van der Waals surface area contributed by atoms with Crippen molar-refractivity contribution in [3.8, 4) is 0 Å². The van der Waals surface area contributed by atoms with Gasteiger partial charge >= 0.3 is 0 Å². The summed E-state index contributed by atoms with van der Waals surface area (Å²) >= 11 is 0. The van der Waals surface area contributed by atoms with Gasteiger partial charge in [-0.05, 0) is 37.4 Å². The zero-order valence-corrected chi connectivity index (χ0v) is 16.0. The van der Waals surface area contributed by atoms with Gasteiger partial charge in [-0.1, -0.05) is 48.5 Å². The Morgan fingerprint density at radius 1 is 1.07 bits per heavy atom. The minimum atomic E-state index is -0.757. The number of hydrogen-bond acceptors (Lipinski definition) is 3. The number of nitrogens with zero attached hydrogens (tertiary/aromatic N) is 3. The lowest BCUT2D eigenvalue weighted by Crippen LogP contribution is -2.34. The van der Waals surface area contributed by atoms with Gasteiger partial charge in [0, 0.05) is 11.9 Å². The van der Waals surface area contributed by atoms with Gasteiger partial charge in [-0.25, -0.2) is 4.98 Å². The number of para-hydroxylation sites is 2. The molecule has 5 nitrogen and oxygen atoms in total. The number of aromatic nitrogens is 2. The fourth-order valence-corrected chi connectivity index (χ4v) is 3.72. The van der Waals surface area contributed by atoms with Crippen molar-refractivity contribution in [3.05, 3.63) is 72.6 Å². The highest BCUT2D eigenvalue weighted by atomic mass is 16.3. The van der Waals surface area contributed by atoms with E-state index in [4.69, 9.17) is 0 Å². The summed E-state index contributed by atoms with van der Waals surface area (Å²) in [5.41, 5.74) is 2.52. The number of benzene rings is 3. The van der Waals surface area contributed by atoms with E-state index >= 15 is 0 Å². The molecule has 0 saturated carbocycles. The highest BCUT2D eigenvalue weighted by Crippen LogP contribution is 2.28. The second-order valence-electron chi connectivity index (χ2n) is 6.86. The Morgan fingerprint density at radius 2 is 1.79 bits per heavy atom. The molecule has 0 aliphatic carbocycles. The number of carbonyl (C=O) groups is 1. The van der Waals surface area contributed by atoms with Crippen LogP contribution in [0.3, 0.4) is 0 Å². The van der Waals surface area contributed by atoms with Crippen LogP contribution < -0.4 is 4.90 Å². The van der Waals surface area contributed by atoms with Crippen LogP contribution in [0.15, 0.2) is 66.7 Å². The van der Waals surface area contributed by atoms with Gasteiger partial charge in [0.15, 0.2) is 0 Å². The molecule has 1 N–H and O–H groups in total. The summed E-state index contributed by atoms with van der Waals surface area (Å²) in [7, 11) is 0. The molecule has 1 aromatic heterocycles. The maximum Gasteiger partial charge on any atom is 0.246 e. The van der Waals surface area contributed by atoms with Crippen molar-refractivity contribution >= 4 is 33.4 Å². The molecule has 1 heterocycles. The fraction of sp³-hybridized carbons (Fsp3) is 0.217. The molecule has 0 aliphatic rings. The third-order valence-electron chi connectivity index (χ3n) is 5.03. The number of carbonyl (C=O) groups excluding carboxylic acids is 1. The Bertz CT molecular complexity index is 1140. The van der Waals surface area contributed by atoms with Crippen LogP contribution in [-0.2, 0) is 11.3 Å². The standard InChI is InChI=1S/C23H23N3O2/c1-3-25(20-14-8-10-17-9-4-5-11-18(17)20)22(28)15-26-21-13-7-6-12-19(21)24-23(26)16(2)27/h4-14,16,27H,3,15H2,1-2H3. The van der Waals surface area contributed by atoms with Gasteiger partial charge in [0.05, 0.1) is 16.7 Å². The summed E-state index contributed by atoms with van der Waals surface area (Å²) in [6, 6.07) is 21.7. The first kappa shape index (κ1) is 18.2. The number of rotatable bonds is 5. The minimum absolute atomic E-state index is 0.0380. The van der Waals surface area contributed by atoms with Crippen molar-refractivity contribution in [3.63, 3.8) is 0 Å². The Balaban J connectivity index is 1.75. The van der Waals surface area contributed by atoms with Gasteiger partial charge in [0.1, 0.15) is 18.5 Å². The Kier molecular flexibility index (Phi) is 4.84. The van der Waals surface area contributed by atoms with E-state index in [1.807, 2.05) is 78.2 Å². The van der Waals surface area contributed by atoms with Crippen molar-refractivity contribution in [2.45, 2.75) is 26.5 Å². The third-order valence-corrected chi connectivity index (χ3v) is 5.03. The van der Waals surface area contributed by atoms with E-state index < -0.39 is 6.10 Å². The number of aliphatic hydroxyl groups is 1. The van der Waals surface area contributed by atoms with E-state index in [1.54, 1.807) is 11.8 Å². The molecule has 0 bridgehead atoms. The fourth-order valence-electron chi connectivity index (χ4n) is 3.72. The number of amides is 1. The van der Waals surface area contributed by atoms with E-state index in [1.165, 1.54) is 0 Å². The van der Waals surface area contributed by atoms with Gasteiger partial charge in [0.2, 0.25) is 5.91 Å². The van der Waals surface area contributed by atoms with Crippen LogP contribution in [0.2, 0.25) is 0 Å². The quantitative estimate of drug-likeness (QED) is 0.567. The second-order valence-corrected chi connectivity index (χ2v) is 6.86. The number of fused-ring (bicyclic) bond motifs is 2. The number of imidazole rings is 1. The molecule has 4 aromatic rings. The van der Waals surface area contributed by atoms with Crippen LogP contribution in [0.4, 0.5) is 5.69 Å². The van der Waals surface area contributed by atoms with Crippen molar-refractivity contribution in [2.24, 2.45) is 0 Å². The van der Waals surface area contributed by atoms with Crippen LogP contribution in [0, 0.1) is 0 Å². The highest BCUT2D eigenvalue weighted by Gasteiger charge is 2.21. The first-order valence-corrected chi connectivity index (χ1v) is 9.51. The molecule has 1 amide bonds. The Labute approximate surface area is 163 Å². The molecule has 1 atom stereocenters. The largest absolute Gasteiger partial charge is 0.385 e. The highest BCUT2D eigenvalue weighted by molar-refractivity contribution is 6.03. The maximum absolute atomic E-state index is 13.3. The zero-order chi connectivity index (χ0) is 19.7. The van der Waals surface area contributed by atoms with Crippen molar-refractivity contribution in [1.29, 1.82) is 0 Å². The molecule has 142 valence electrons. The molecule has 0 aliphatic heterocycles. The summed E-state index contributed by atoms with van der Waals surface area (Å²) < 4.78 is 1.82. The molecule has 3 aromatic carbocycles. The van der Waals surface area contributed by atoms with E-state index in [0.29, 0.717) is 12.4 Å². The van der Waals surface area contributed by atoms with E-state index in [2.05, 4.69) is 4.98 Å². The molecule has 0 fully saturated rings. The van der Waals surface area contributed by atoms with Gasteiger partial charge < -0.3 is 14.6 Å². The maximum atomic E-state index is 13.3. The van der Waals surface area contributed by atoms with Crippen LogP contribution in [0.5, 0.6) is 0 Å². The molecule has 5 heteroatoms. The molecule has 1 unspecified atom stereocenters. The predicted octanol–water partition coefficient (Wildman–Crippen LogP) is 4.30. The Hall–Kier alpha value is -3.18. The third kappa shape index (κ3) is 3.14. The lowest BCUT2D eigenvalue weighted by atomic mass is 10.1. The topological polar surface area (TPSA) is 58.4 Å². The summed E-state index contributed by atoms with van der Waals surface area (Å²) in [6.45, 7) is 4.33. The lowest BCUT2D eigenvalue weighted by molar-refractivity contribution is -0.119. The SMILES string of the molecule is CCN(C(=O)Cn1c(C(C)O)nc2ccccc21)c1cccc2ccccc12. The van der Waals surface area contributed by atoms with Gasteiger partial charge in [0.25, 0.3) is 0 Å². The van der Waals surface area contributed by atoms with Gasteiger partial charge in [-0.2, -0.15) is 0 Å². The average Bonchev–Trinajstić information content (AvgIpc) is 3.08. The molecule has 0 saturated heterocycles. The molecule has 0 spiro atoms. The molecular formula is C23H23N3O2. The molecule has 0 radical (unpaired) electrons. The summed E-state index contributed by atoms with van der Waals surface area (Å²) in [5, 5.41) is 12.3. The van der Waals surface area contributed by atoms with Crippen LogP contribution >= 0.6 is 0 Å². The lowest BCUT2D eigenvalue weighted by Gasteiger charge is -2.24. The molecule has 28 heavy (non-hydrogen) atoms. The van der Waals surface area contributed by atoms with Gasteiger partial charge in [-0.15, -0.1) is 0 Å². The second kappa shape index (κ2) is 7.44. The van der Waals surface area contributed by atoms with E-state index in [-0.39, 0.29) is 12.5 Å². The van der Waals surface area contributed by atoms with E-state index in [9.17, 15) is 9.90 Å². The number of likely N-dealkylation sites (N-methyl/N-ethyl adjacent to an activating group) is 1. The molecule has 4 rings (SSSR count). The first-order chi connectivity index (χ1) is 13.6. The summed E-state index contributed by atoms with van der Waals surface area (Å²) in [4.78, 5) is 19.6. The van der Waals surface area contributed by atoms with Crippen LogP contribution in [0.1, 0.15) is 25.8 Å².